The number of nitrogens with zero attached hydrogens (tertiary/aromatic N) is 1. The predicted molar refractivity (Wildman–Crippen MR) is 49.9 cm³/mol. The van der Waals surface area contributed by atoms with Gasteiger partial charge in [0.25, 0.3) is 6.43 Å². The van der Waals surface area contributed by atoms with E-state index in [1.54, 1.807) is 0 Å². The molecule has 0 spiro atoms. The Hall–Kier alpha value is -0.800. The molecule has 0 radical (unpaired) electrons. The van der Waals surface area contributed by atoms with E-state index in [2.05, 4.69) is 20.9 Å². The Morgan fingerprint density at radius 1 is 1.53 bits per heavy atom. The summed E-state index contributed by atoms with van der Waals surface area (Å²) >= 11 is 2.67. The average Bonchev–Trinajstić information content (AvgIpc) is 2.05. The molecule has 0 atom stereocenters. The topological polar surface area (TPSA) is 93.3 Å². The van der Waals surface area contributed by atoms with Crippen molar-refractivity contribution in [3.63, 3.8) is 0 Å². The summed E-state index contributed by atoms with van der Waals surface area (Å²) in [6.45, 7) is 0. The van der Waals surface area contributed by atoms with Crippen LogP contribution in [0.5, 0.6) is 5.75 Å². The number of hydrogen-bond donors (Lipinski definition) is 2. The van der Waals surface area contributed by atoms with Gasteiger partial charge in [-0.1, -0.05) is 0 Å². The lowest BCUT2D eigenvalue weighted by atomic mass is 10.2. The molecule has 3 N–H and O–H groups in total. The van der Waals surface area contributed by atoms with Crippen LogP contribution < -0.4 is 5.14 Å². The largest absolute Gasteiger partial charge is 0.506 e. The second-order valence-electron chi connectivity index (χ2n) is 2.52. The number of aromatic hydroxyl groups is 1. The number of halogens is 3. The van der Waals surface area contributed by atoms with E-state index in [0.29, 0.717) is 6.20 Å². The monoisotopic (exact) mass is 302 g/mol. The quantitative estimate of drug-likeness (QED) is 0.801. The summed E-state index contributed by atoms with van der Waals surface area (Å²) in [4.78, 5) is 2.46. The van der Waals surface area contributed by atoms with Crippen molar-refractivity contribution in [3.8, 4) is 5.75 Å². The van der Waals surface area contributed by atoms with Crippen LogP contribution in [0.4, 0.5) is 8.78 Å². The minimum atomic E-state index is -4.38. The zero-order valence-corrected chi connectivity index (χ0v) is 9.39. The molecular weight excluding hydrogens is 298 g/mol. The van der Waals surface area contributed by atoms with E-state index in [1.807, 2.05) is 0 Å². The maximum atomic E-state index is 12.5. The summed E-state index contributed by atoms with van der Waals surface area (Å²) in [6.07, 6.45) is -2.46. The van der Waals surface area contributed by atoms with Crippen LogP contribution in [0.15, 0.2) is 15.7 Å². The predicted octanol–water partition coefficient (Wildman–Crippen LogP) is 1.13. The molecule has 0 bridgehead atoms. The molecule has 9 heteroatoms. The van der Waals surface area contributed by atoms with Gasteiger partial charge < -0.3 is 5.11 Å². The molecule has 0 aliphatic rings. The van der Waals surface area contributed by atoms with Crippen LogP contribution in [0.3, 0.4) is 0 Å². The van der Waals surface area contributed by atoms with Crippen molar-refractivity contribution in [2.75, 3.05) is 0 Å². The van der Waals surface area contributed by atoms with Crippen molar-refractivity contribution in [1.29, 1.82) is 0 Å². The van der Waals surface area contributed by atoms with Crippen molar-refractivity contribution in [3.05, 3.63) is 16.4 Å². The van der Waals surface area contributed by atoms with Crippen LogP contribution in [0.25, 0.3) is 0 Å². The van der Waals surface area contributed by atoms with Crippen LogP contribution in [-0.2, 0) is 10.0 Å². The Bertz CT molecular complexity index is 491. The van der Waals surface area contributed by atoms with Crippen LogP contribution in [0, 0.1) is 0 Å². The number of aromatic nitrogens is 1. The van der Waals surface area contributed by atoms with E-state index in [9.17, 15) is 17.2 Å². The second-order valence-corrected chi connectivity index (χ2v) is 4.77. The van der Waals surface area contributed by atoms with Gasteiger partial charge >= 0.3 is 0 Å². The molecule has 84 valence electrons. The Kier molecular flexibility index (Phi) is 3.26. The van der Waals surface area contributed by atoms with Crippen molar-refractivity contribution in [2.45, 2.75) is 11.3 Å². The van der Waals surface area contributed by atoms with Crippen LogP contribution in [-0.4, -0.2) is 18.5 Å². The molecule has 0 fully saturated rings. The molecule has 1 rings (SSSR count). The third kappa shape index (κ3) is 2.41. The number of hydrogen-bond acceptors (Lipinski definition) is 4. The SMILES string of the molecule is NS(=O)(=O)c1c(Br)ncc(O)c1C(F)F. The second kappa shape index (κ2) is 3.99. The molecule has 0 aromatic carbocycles. The summed E-state index contributed by atoms with van der Waals surface area (Å²) in [7, 11) is -4.38. The van der Waals surface area contributed by atoms with Gasteiger partial charge in [-0.05, 0) is 15.9 Å². The Morgan fingerprint density at radius 2 is 2.07 bits per heavy atom. The third-order valence-electron chi connectivity index (χ3n) is 1.51. The average molecular weight is 303 g/mol. The zero-order valence-electron chi connectivity index (χ0n) is 6.99. The molecule has 0 aliphatic carbocycles. The zero-order chi connectivity index (χ0) is 11.8. The van der Waals surface area contributed by atoms with E-state index in [0.717, 1.165) is 0 Å². The summed E-state index contributed by atoms with van der Waals surface area (Å²) in [6, 6.07) is 0. The Labute approximate surface area is 92.1 Å². The van der Waals surface area contributed by atoms with Gasteiger partial charge in [0, 0.05) is 0 Å². The van der Waals surface area contributed by atoms with Gasteiger partial charge in [0.05, 0.1) is 11.8 Å². The molecule has 0 saturated carbocycles. The lowest BCUT2D eigenvalue weighted by Crippen LogP contribution is -2.16. The Balaban J connectivity index is 3.68. The van der Waals surface area contributed by atoms with Crippen LogP contribution in [0.1, 0.15) is 12.0 Å². The van der Waals surface area contributed by atoms with Crippen molar-refractivity contribution < 1.29 is 22.3 Å². The van der Waals surface area contributed by atoms with Gasteiger partial charge in [0.15, 0.2) is 0 Å². The first-order valence-electron chi connectivity index (χ1n) is 3.43. The van der Waals surface area contributed by atoms with Crippen molar-refractivity contribution in [2.24, 2.45) is 5.14 Å². The van der Waals surface area contributed by atoms with E-state index in [4.69, 9.17) is 10.2 Å². The Morgan fingerprint density at radius 3 is 2.40 bits per heavy atom. The highest BCUT2D eigenvalue weighted by atomic mass is 79.9. The molecule has 0 unspecified atom stereocenters. The van der Waals surface area contributed by atoms with Crippen molar-refractivity contribution >= 4 is 26.0 Å². The highest BCUT2D eigenvalue weighted by molar-refractivity contribution is 9.10. The van der Waals surface area contributed by atoms with E-state index in [1.165, 1.54) is 0 Å². The third-order valence-corrected chi connectivity index (χ3v) is 3.36. The molecule has 1 heterocycles. The summed E-state index contributed by atoms with van der Waals surface area (Å²) in [5.74, 6) is -0.919. The van der Waals surface area contributed by atoms with Gasteiger partial charge in [-0.15, -0.1) is 0 Å². The van der Waals surface area contributed by atoms with E-state index >= 15 is 0 Å². The minimum absolute atomic E-state index is 0.363. The normalized spacial score (nSPS) is 12.1. The summed E-state index contributed by atoms with van der Waals surface area (Å²) < 4.78 is 46.6. The maximum Gasteiger partial charge on any atom is 0.268 e. The van der Waals surface area contributed by atoms with Gasteiger partial charge in [-0.25, -0.2) is 27.3 Å². The number of primary sulfonamides is 1. The maximum absolute atomic E-state index is 12.5. The molecule has 1 aromatic heterocycles. The molecule has 0 saturated heterocycles. The number of nitrogens with two attached hydrogens (primary N) is 1. The van der Waals surface area contributed by atoms with E-state index in [-0.39, 0.29) is 4.60 Å². The number of alkyl halides is 2. The van der Waals surface area contributed by atoms with Gasteiger partial charge in [-0.3, -0.25) is 0 Å². The highest BCUT2D eigenvalue weighted by Gasteiger charge is 2.27. The smallest absolute Gasteiger partial charge is 0.268 e. The molecular formula is C6H5BrF2N2O3S. The summed E-state index contributed by atoms with van der Waals surface area (Å²) in [5, 5.41) is 13.8. The fourth-order valence-electron chi connectivity index (χ4n) is 0.955. The van der Waals surface area contributed by atoms with Gasteiger partial charge in [-0.2, -0.15) is 0 Å². The molecule has 1 aromatic rings. The minimum Gasteiger partial charge on any atom is -0.506 e. The van der Waals surface area contributed by atoms with Crippen LogP contribution in [0.2, 0.25) is 0 Å². The molecule has 0 aliphatic heterocycles. The molecule has 5 nitrogen and oxygen atoms in total. The first-order valence-corrected chi connectivity index (χ1v) is 5.77. The van der Waals surface area contributed by atoms with Gasteiger partial charge in [0.1, 0.15) is 15.2 Å². The number of rotatable bonds is 2. The van der Waals surface area contributed by atoms with E-state index < -0.39 is 32.7 Å². The lowest BCUT2D eigenvalue weighted by molar-refractivity contribution is 0.143. The fourth-order valence-corrected chi connectivity index (χ4v) is 2.74. The van der Waals surface area contributed by atoms with Crippen molar-refractivity contribution in [1.82, 2.24) is 4.98 Å². The lowest BCUT2D eigenvalue weighted by Gasteiger charge is -2.09. The highest BCUT2D eigenvalue weighted by Crippen LogP contribution is 2.36. The number of pyridine rings is 1. The van der Waals surface area contributed by atoms with Gasteiger partial charge in [0.2, 0.25) is 10.0 Å². The van der Waals surface area contributed by atoms with Crippen LogP contribution >= 0.6 is 15.9 Å². The number of sulfonamides is 1. The molecule has 0 amide bonds. The summed E-state index contributed by atoms with van der Waals surface area (Å²) in [5.41, 5.74) is -1.06. The standard InChI is InChI=1S/C6H5BrF2N2O3S/c7-5-4(15(10,13)14)3(6(8)9)2(12)1-11-5/h1,6,12H,(H2,10,13,14). The first-order chi connectivity index (χ1) is 6.75. The molecule has 15 heavy (non-hydrogen) atoms. The fraction of sp³-hybridized carbons (Fsp3) is 0.167. The first kappa shape index (κ1) is 12.3.